The van der Waals surface area contributed by atoms with Gasteiger partial charge in [0.05, 0.1) is 22.8 Å². The smallest absolute Gasteiger partial charge is 0.126 e. The number of nitrogens with one attached hydrogen (secondary N) is 1. The average molecular weight is 276 g/mol. The summed E-state index contributed by atoms with van der Waals surface area (Å²) >= 11 is 0. The number of anilines is 1. The van der Waals surface area contributed by atoms with Crippen molar-refractivity contribution in [2.45, 2.75) is 6.92 Å². The van der Waals surface area contributed by atoms with Gasteiger partial charge in [-0.2, -0.15) is 0 Å². The van der Waals surface area contributed by atoms with Crippen LogP contribution in [0.3, 0.4) is 0 Å². The number of hydrogen-bond acceptors (Lipinski definition) is 4. The molecule has 3 rings (SSSR count). The van der Waals surface area contributed by atoms with E-state index in [0.717, 1.165) is 35.1 Å². The molecule has 0 saturated carbocycles. The van der Waals surface area contributed by atoms with E-state index in [1.807, 2.05) is 61.5 Å². The van der Waals surface area contributed by atoms with Gasteiger partial charge in [-0.1, -0.05) is 18.2 Å². The summed E-state index contributed by atoms with van der Waals surface area (Å²) in [6.45, 7) is 2.89. The fraction of sp³-hybridized carbons (Fsp3) is 0.118. The lowest BCUT2D eigenvalue weighted by molar-refractivity contribution is 1.15. The summed E-state index contributed by atoms with van der Waals surface area (Å²) in [5, 5.41) is 3.21. The topological polar surface area (TPSA) is 50.7 Å². The number of hydrogen-bond donors (Lipinski definition) is 1. The lowest BCUT2D eigenvalue weighted by Crippen LogP contribution is -2.00. The predicted molar refractivity (Wildman–Crippen MR) is 84.9 cm³/mol. The van der Waals surface area contributed by atoms with Crippen LogP contribution in [0, 0.1) is 0 Å². The van der Waals surface area contributed by atoms with E-state index in [4.69, 9.17) is 0 Å². The molecular formula is C17H16N4. The lowest BCUT2D eigenvalue weighted by atomic mass is 10.2. The molecule has 1 N–H and O–H groups in total. The van der Waals surface area contributed by atoms with Crippen molar-refractivity contribution < 1.29 is 0 Å². The summed E-state index contributed by atoms with van der Waals surface area (Å²) < 4.78 is 0. The Hall–Kier alpha value is -2.75. The number of pyridine rings is 3. The van der Waals surface area contributed by atoms with Gasteiger partial charge < -0.3 is 5.32 Å². The molecule has 0 atom stereocenters. The van der Waals surface area contributed by atoms with E-state index in [2.05, 4.69) is 20.3 Å². The second-order valence-electron chi connectivity index (χ2n) is 4.56. The van der Waals surface area contributed by atoms with E-state index in [0.29, 0.717) is 0 Å². The third kappa shape index (κ3) is 3.05. The van der Waals surface area contributed by atoms with Crippen LogP contribution in [0.1, 0.15) is 6.92 Å². The minimum absolute atomic E-state index is 0.845. The van der Waals surface area contributed by atoms with Crippen molar-refractivity contribution in [3.8, 4) is 22.8 Å². The molecular weight excluding hydrogens is 260 g/mol. The Bertz CT molecular complexity index is 726. The highest BCUT2D eigenvalue weighted by atomic mass is 15.0. The Morgan fingerprint density at radius 2 is 1.43 bits per heavy atom. The Kier molecular flexibility index (Phi) is 3.87. The van der Waals surface area contributed by atoms with Crippen LogP contribution in [-0.2, 0) is 0 Å². The van der Waals surface area contributed by atoms with Crippen molar-refractivity contribution in [3.63, 3.8) is 0 Å². The maximum absolute atomic E-state index is 4.66. The number of nitrogens with zero attached hydrogens (tertiary/aromatic N) is 3. The molecule has 0 aromatic carbocycles. The lowest BCUT2D eigenvalue weighted by Gasteiger charge is -2.06. The molecule has 0 fully saturated rings. The summed E-state index contributed by atoms with van der Waals surface area (Å²) in [6, 6.07) is 17.6. The fourth-order valence-corrected chi connectivity index (χ4v) is 2.09. The van der Waals surface area contributed by atoms with Gasteiger partial charge in [0.2, 0.25) is 0 Å². The molecule has 3 heterocycles. The number of rotatable bonds is 4. The molecule has 4 heteroatoms. The Balaban J connectivity index is 1.98. The van der Waals surface area contributed by atoms with Crippen LogP contribution in [0.25, 0.3) is 22.8 Å². The summed E-state index contributed by atoms with van der Waals surface area (Å²) in [5.74, 6) is 0.861. The average Bonchev–Trinajstić information content (AvgIpc) is 2.56. The van der Waals surface area contributed by atoms with Crippen molar-refractivity contribution >= 4 is 5.82 Å². The van der Waals surface area contributed by atoms with Crippen LogP contribution in [0.5, 0.6) is 0 Å². The molecule has 3 aromatic heterocycles. The largest absolute Gasteiger partial charge is 0.370 e. The highest BCUT2D eigenvalue weighted by molar-refractivity contribution is 5.62. The van der Waals surface area contributed by atoms with Crippen molar-refractivity contribution in [3.05, 3.63) is 60.8 Å². The molecule has 4 nitrogen and oxygen atoms in total. The van der Waals surface area contributed by atoms with E-state index in [1.54, 1.807) is 6.20 Å². The van der Waals surface area contributed by atoms with Crippen LogP contribution in [0.4, 0.5) is 5.82 Å². The van der Waals surface area contributed by atoms with E-state index < -0.39 is 0 Å². The zero-order valence-electron chi connectivity index (χ0n) is 11.8. The zero-order chi connectivity index (χ0) is 14.5. The fourth-order valence-electron chi connectivity index (χ4n) is 2.09. The van der Waals surface area contributed by atoms with E-state index in [9.17, 15) is 0 Å². The first-order valence-corrected chi connectivity index (χ1v) is 6.96. The monoisotopic (exact) mass is 276 g/mol. The van der Waals surface area contributed by atoms with Gasteiger partial charge in [-0.15, -0.1) is 0 Å². The quantitative estimate of drug-likeness (QED) is 0.790. The molecule has 104 valence electrons. The van der Waals surface area contributed by atoms with Gasteiger partial charge in [0.1, 0.15) is 5.82 Å². The van der Waals surface area contributed by atoms with Gasteiger partial charge in [0, 0.05) is 12.7 Å². The third-order valence-electron chi connectivity index (χ3n) is 3.05. The molecule has 0 saturated heterocycles. The second-order valence-corrected chi connectivity index (χ2v) is 4.56. The van der Waals surface area contributed by atoms with Gasteiger partial charge >= 0.3 is 0 Å². The highest BCUT2D eigenvalue weighted by Gasteiger charge is 2.05. The van der Waals surface area contributed by atoms with Gasteiger partial charge in [0.15, 0.2) is 0 Å². The minimum Gasteiger partial charge on any atom is -0.370 e. The minimum atomic E-state index is 0.845. The van der Waals surface area contributed by atoms with Crippen molar-refractivity contribution in [2.75, 3.05) is 11.9 Å². The van der Waals surface area contributed by atoms with E-state index in [-0.39, 0.29) is 0 Å². The first kappa shape index (κ1) is 13.2. The van der Waals surface area contributed by atoms with Crippen molar-refractivity contribution in [2.24, 2.45) is 0 Å². The van der Waals surface area contributed by atoms with Crippen molar-refractivity contribution in [1.82, 2.24) is 15.0 Å². The predicted octanol–water partition coefficient (Wildman–Crippen LogP) is 3.64. The van der Waals surface area contributed by atoms with Gasteiger partial charge in [-0.3, -0.25) is 4.98 Å². The first-order chi connectivity index (χ1) is 10.4. The summed E-state index contributed by atoms with van der Waals surface area (Å²) in [5.41, 5.74) is 3.41. The van der Waals surface area contributed by atoms with Crippen LogP contribution in [0.2, 0.25) is 0 Å². The molecule has 0 radical (unpaired) electrons. The van der Waals surface area contributed by atoms with Gasteiger partial charge in [-0.05, 0) is 43.3 Å². The molecule has 0 unspecified atom stereocenters. The van der Waals surface area contributed by atoms with E-state index >= 15 is 0 Å². The Morgan fingerprint density at radius 3 is 2.14 bits per heavy atom. The highest BCUT2D eigenvalue weighted by Crippen LogP contribution is 2.20. The molecule has 3 aromatic rings. The van der Waals surface area contributed by atoms with Crippen LogP contribution in [-0.4, -0.2) is 21.5 Å². The maximum atomic E-state index is 4.66. The third-order valence-corrected chi connectivity index (χ3v) is 3.05. The SMILES string of the molecule is CCNc1cccc(-c2cccc(-c3ccccn3)n2)n1. The first-order valence-electron chi connectivity index (χ1n) is 6.96. The maximum Gasteiger partial charge on any atom is 0.126 e. The summed E-state index contributed by atoms with van der Waals surface area (Å²) in [6.07, 6.45) is 1.77. The zero-order valence-corrected chi connectivity index (χ0v) is 11.8. The van der Waals surface area contributed by atoms with Crippen molar-refractivity contribution in [1.29, 1.82) is 0 Å². The van der Waals surface area contributed by atoms with Crippen LogP contribution >= 0.6 is 0 Å². The molecule has 0 aliphatic heterocycles. The van der Waals surface area contributed by atoms with Gasteiger partial charge in [0.25, 0.3) is 0 Å². The van der Waals surface area contributed by atoms with Crippen LogP contribution < -0.4 is 5.32 Å². The number of aromatic nitrogens is 3. The molecule has 0 amide bonds. The normalized spacial score (nSPS) is 10.3. The summed E-state index contributed by atoms with van der Waals surface area (Å²) in [7, 11) is 0. The standard InChI is InChI=1S/C17H16N4/c1-2-18-17-11-6-10-16(21-17)15-9-5-8-14(20-15)13-7-3-4-12-19-13/h3-12H,2H2,1H3,(H,18,21). The Morgan fingerprint density at radius 1 is 0.762 bits per heavy atom. The molecule has 0 bridgehead atoms. The molecule has 0 spiro atoms. The second kappa shape index (κ2) is 6.13. The van der Waals surface area contributed by atoms with Crippen LogP contribution in [0.15, 0.2) is 60.8 Å². The summed E-state index contributed by atoms with van der Waals surface area (Å²) in [4.78, 5) is 13.6. The van der Waals surface area contributed by atoms with E-state index in [1.165, 1.54) is 0 Å². The Labute approximate surface area is 123 Å². The molecule has 0 aliphatic rings. The van der Waals surface area contributed by atoms with Gasteiger partial charge in [-0.25, -0.2) is 9.97 Å². The molecule has 21 heavy (non-hydrogen) atoms. The molecule has 0 aliphatic carbocycles.